The zero-order valence-electron chi connectivity index (χ0n) is 14.1. The van der Waals surface area contributed by atoms with Crippen LogP contribution in [0.3, 0.4) is 0 Å². The monoisotopic (exact) mass is 410 g/mol. The van der Waals surface area contributed by atoms with Crippen LogP contribution < -0.4 is 10.6 Å². The number of ether oxygens (including phenoxy) is 2. The Bertz CT molecular complexity index is 714. The second-order valence-electron chi connectivity index (χ2n) is 5.42. The fraction of sp³-hybridized carbons (Fsp3) is 0.353. The van der Waals surface area contributed by atoms with Gasteiger partial charge in [0.1, 0.15) is 0 Å². The Hall–Kier alpha value is -2.35. The van der Waals surface area contributed by atoms with Crippen molar-refractivity contribution in [3.8, 4) is 0 Å². The standard InChI is InChI=1S/C17H19BrN2O5/c1-4-24-15(21)10(3)25-16(22)13-9(2)19-17(23)20-14(13)11-5-7-12(18)8-6-11/h5-8,10,14H,4H2,1-3H3,(H2,19,20,23)/t10-,14-/m1/s1. The van der Waals surface area contributed by atoms with Crippen LogP contribution in [0.25, 0.3) is 0 Å². The molecule has 2 atom stereocenters. The smallest absolute Gasteiger partial charge is 0.347 e. The van der Waals surface area contributed by atoms with E-state index in [0.29, 0.717) is 11.3 Å². The van der Waals surface area contributed by atoms with Crippen molar-refractivity contribution in [2.45, 2.75) is 32.9 Å². The van der Waals surface area contributed by atoms with E-state index in [2.05, 4.69) is 26.6 Å². The third kappa shape index (κ3) is 4.60. The molecule has 134 valence electrons. The summed E-state index contributed by atoms with van der Waals surface area (Å²) >= 11 is 3.35. The molecule has 1 aliphatic rings. The lowest BCUT2D eigenvalue weighted by Crippen LogP contribution is -2.45. The average Bonchev–Trinajstić information content (AvgIpc) is 2.54. The van der Waals surface area contributed by atoms with Crippen molar-refractivity contribution in [3.63, 3.8) is 0 Å². The van der Waals surface area contributed by atoms with E-state index in [1.54, 1.807) is 26.0 Å². The molecule has 0 spiro atoms. The molecule has 0 saturated carbocycles. The highest BCUT2D eigenvalue weighted by Crippen LogP contribution is 2.28. The minimum Gasteiger partial charge on any atom is -0.463 e. The van der Waals surface area contributed by atoms with Gasteiger partial charge in [-0.05, 0) is 38.5 Å². The fourth-order valence-electron chi connectivity index (χ4n) is 2.40. The lowest BCUT2D eigenvalue weighted by Gasteiger charge is -2.28. The van der Waals surface area contributed by atoms with Gasteiger partial charge in [0.05, 0.1) is 18.2 Å². The molecule has 0 aromatic heterocycles. The summed E-state index contributed by atoms with van der Waals surface area (Å²) in [6.45, 7) is 4.91. The van der Waals surface area contributed by atoms with Crippen LogP contribution in [-0.2, 0) is 19.1 Å². The molecule has 0 unspecified atom stereocenters. The second-order valence-corrected chi connectivity index (χ2v) is 6.34. The van der Waals surface area contributed by atoms with Gasteiger partial charge in [0.2, 0.25) is 0 Å². The summed E-state index contributed by atoms with van der Waals surface area (Å²) in [5.74, 6) is -1.32. The molecule has 0 bridgehead atoms. The molecule has 25 heavy (non-hydrogen) atoms. The number of amides is 2. The maximum Gasteiger partial charge on any atom is 0.347 e. The SMILES string of the molecule is CCOC(=O)[C@@H](C)OC(=O)C1=C(C)NC(=O)N[C@@H]1c1ccc(Br)cc1. The largest absolute Gasteiger partial charge is 0.463 e. The Kier molecular flexibility index (Phi) is 6.19. The van der Waals surface area contributed by atoms with E-state index >= 15 is 0 Å². The normalized spacial score (nSPS) is 18.1. The van der Waals surface area contributed by atoms with Crippen molar-refractivity contribution >= 4 is 33.9 Å². The molecule has 7 nitrogen and oxygen atoms in total. The Morgan fingerprint density at radius 3 is 2.52 bits per heavy atom. The van der Waals surface area contributed by atoms with Crippen molar-refractivity contribution in [2.75, 3.05) is 6.61 Å². The van der Waals surface area contributed by atoms with Gasteiger partial charge >= 0.3 is 18.0 Å². The molecular formula is C17H19BrN2O5. The fourth-order valence-corrected chi connectivity index (χ4v) is 2.67. The van der Waals surface area contributed by atoms with E-state index < -0.39 is 30.1 Å². The molecule has 0 radical (unpaired) electrons. The number of benzene rings is 1. The number of allylic oxidation sites excluding steroid dienone is 1. The summed E-state index contributed by atoms with van der Waals surface area (Å²) in [6, 6.07) is 6.10. The lowest BCUT2D eigenvalue weighted by atomic mass is 9.95. The second kappa shape index (κ2) is 8.15. The Balaban J connectivity index is 2.28. The van der Waals surface area contributed by atoms with Gasteiger partial charge in [-0.1, -0.05) is 28.1 Å². The minimum atomic E-state index is -1.05. The van der Waals surface area contributed by atoms with Crippen LogP contribution in [0.2, 0.25) is 0 Å². The number of carbonyl (C=O) groups excluding carboxylic acids is 3. The molecule has 2 rings (SSSR count). The van der Waals surface area contributed by atoms with E-state index in [4.69, 9.17) is 9.47 Å². The Morgan fingerprint density at radius 2 is 1.92 bits per heavy atom. The zero-order chi connectivity index (χ0) is 18.6. The summed E-state index contributed by atoms with van der Waals surface area (Å²) in [5, 5.41) is 5.25. The first-order chi connectivity index (χ1) is 11.8. The third-order valence-corrected chi connectivity index (χ3v) is 4.12. The maximum absolute atomic E-state index is 12.6. The first-order valence-electron chi connectivity index (χ1n) is 7.74. The summed E-state index contributed by atoms with van der Waals surface area (Å²) in [6.07, 6.45) is -1.05. The van der Waals surface area contributed by atoms with Crippen LogP contribution in [0.5, 0.6) is 0 Å². The molecule has 1 heterocycles. The number of rotatable bonds is 5. The van der Waals surface area contributed by atoms with Crippen molar-refractivity contribution in [3.05, 3.63) is 45.6 Å². The van der Waals surface area contributed by atoms with Crippen LogP contribution in [0.4, 0.5) is 4.79 Å². The van der Waals surface area contributed by atoms with Crippen LogP contribution in [0.1, 0.15) is 32.4 Å². The molecule has 1 aromatic rings. The van der Waals surface area contributed by atoms with Gasteiger partial charge in [0, 0.05) is 10.2 Å². The summed E-state index contributed by atoms with van der Waals surface area (Å²) in [7, 11) is 0. The van der Waals surface area contributed by atoms with E-state index in [1.165, 1.54) is 6.92 Å². The maximum atomic E-state index is 12.6. The van der Waals surface area contributed by atoms with Crippen molar-refractivity contribution in [1.29, 1.82) is 0 Å². The quantitative estimate of drug-likeness (QED) is 0.727. The molecule has 0 saturated heterocycles. The number of esters is 2. The van der Waals surface area contributed by atoms with Crippen molar-refractivity contribution in [2.24, 2.45) is 0 Å². The predicted molar refractivity (Wildman–Crippen MR) is 93.4 cm³/mol. The Labute approximate surface area is 153 Å². The van der Waals surface area contributed by atoms with Gasteiger partial charge in [0.15, 0.2) is 6.10 Å². The number of hydrogen-bond donors (Lipinski definition) is 2. The van der Waals surface area contributed by atoms with Crippen molar-refractivity contribution < 1.29 is 23.9 Å². The van der Waals surface area contributed by atoms with E-state index in [-0.39, 0.29) is 12.2 Å². The number of carbonyl (C=O) groups is 3. The first-order valence-corrected chi connectivity index (χ1v) is 8.54. The number of halogens is 1. The molecule has 2 N–H and O–H groups in total. The molecule has 1 aliphatic heterocycles. The zero-order valence-corrected chi connectivity index (χ0v) is 15.7. The van der Waals surface area contributed by atoms with E-state index in [1.807, 2.05) is 12.1 Å². The highest BCUT2D eigenvalue weighted by molar-refractivity contribution is 9.10. The van der Waals surface area contributed by atoms with Gasteiger partial charge in [-0.15, -0.1) is 0 Å². The van der Waals surface area contributed by atoms with Gasteiger partial charge in [-0.2, -0.15) is 0 Å². The van der Waals surface area contributed by atoms with Crippen LogP contribution >= 0.6 is 15.9 Å². The van der Waals surface area contributed by atoms with Crippen molar-refractivity contribution in [1.82, 2.24) is 10.6 Å². The van der Waals surface area contributed by atoms with E-state index in [9.17, 15) is 14.4 Å². The van der Waals surface area contributed by atoms with Gasteiger partial charge in [-0.3, -0.25) is 0 Å². The predicted octanol–water partition coefficient (Wildman–Crippen LogP) is 2.57. The molecule has 1 aromatic carbocycles. The third-order valence-electron chi connectivity index (χ3n) is 3.59. The molecule has 0 fully saturated rings. The highest BCUT2D eigenvalue weighted by atomic mass is 79.9. The van der Waals surface area contributed by atoms with Crippen LogP contribution in [-0.4, -0.2) is 30.7 Å². The topological polar surface area (TPSA) is 93.7 Å². The molecular weight excluding hydrogens is 392 g/mol. The summed E-state index contributed by atoms with van der Waals surface area (Å²) < 4.78 is 10.9. The van der Waals surface area contributed by atoms with E-state index in [0.717, 1.165) is 4.47 Å². The lowest BCUT2D eigenvalue weighted by molar-refractivity contribution is -0.164. The van der Waals surface area contributed by atoms with Crippen LogP contribution in [0.15, 0.2) is 40.0 Å². The molecule has 8 heteroatoms. The number of hydrogen-bond acceptors (Lipinski definition) is 5. The molecule has 2 amide bonds. The highest BCUT2D eigenvalue weighted by Gasteiger charge is 2.33. The van der Waals surface area contributed by atoms with Crippen LogP contribution in [0, 0.1) is 0 Å². The van der Waals surface area contributed by atoms with Gasteiger partial charge < -0.3 is 20.1 Å². The summed E-state index contributed by atoms with van der Waals surface area (Å²) in [4.78, 5) is 36.1. The first kappa shape index (κ1) is 19.0. The Morgan fingerprint density at radius 1 is 1.28 bits per heavy atom. The average molecular weight is 411 g/mol. The van der Waals surface area contributed by atoms with Gasteiger partial charge in [0.25, 0.3) is 0 Å². The number of nitrogens with one attached hydrogen (secondary N) is 2. The molecule has 0 aliphatic carbocycles. The minimum absolute atomic E-state index is 0.196. The number of urea groups is 1. The van der Waals surface area contributed by atoms with Gasteiger partial charge in [-0.25, -0.2) is 14.4 Å². The summed E-state index contributed by atoms with van der Waals surface area (Å²) in [5.41, 5.74) is 1.32.